The number of thiophene rings is 1. The fourth-order valence-electron chi connectivity index (χ4n) is 2.95. The van der Waals surface area contributed by atoms with Crippen LogP contribution in [0.2, 0.25) is 0 Å². The van der Waals surface area contributed by atoms with E-state index in [4.69, 9.17) is 4.84 Å². The second-order valence-corrected chi connectivity index (χ2v) is 8.04. The van der Waals surface area contributed by atoms with E-state index in [0.717, 1.165) is 22.2 Å². The number of halogens is 3. The lowest BCUT2D eigenvalue weighted by Crippen LogP contribution is -2.54. The van der Waals surface area contributed by atoms with Crippen molar-refractivity contribution in [3.05, 3.63) is 70.6 Å². The number of rotatable bonds is 3. The van der Waals surface area contributed by atoms with Gasteiger partial charge in [0, 0.05) is 10.3 Å². The van der Waals surface area contributed by atoms with E-state index < -0.39 is 23.4 Å². The van der Waals surface area contributed by atoms with Gasteiger partial charge in [0.1, 0.15) is 0 Å². The van der Waals surface area contributed by atoms with E-state index in [9.17, 15) is 18.0 Å². The molecule has 1 aliphatic heterocycles. The molecule has 0 unspecified atom stereocenters. The monoisotopic (exact) mass is 419 g/mol. The molecule has 0 radical (unpaired) electrons. The molecule has 1 aliphatic rings. The number of fused-ring (bicyclic) bond motifs is 1. The summed E-state index contributed by atoms with van der Waals surface area (Å²) in [5.74, 6) is -0.306. The van der Waals surface area contributed by atoms with E-state index in [-0.39, 0.29) is 11.4 Å². The van der Waals surface area contributed by atoms with Crippen molar-refractivity contribution in [2.24, 2.45) is 5.16 Å². The Balaban J connectivity index is 1.64. The molecule has 0 spiro atoms. The Hall–Kier alpha value is -3.07. The summed E-state index contributed by atoms with van der Waals surface area (Å²) in [7, 11) is 0. The average molecular weight is 419 g/mol. The molecule has 5 nitrogen and oxygen atoms in total. The zero-order chi connectivity index (χ0) is 20.8. The Morgan fingerprint density at radius 3 is 2.62 bits per heavy atom. The third-order valence-electron chi connectivity index (χ3n) is 4.42. The third-order valence-corrected chi connectivity index (χ3v) is 5.53. The number of alkyl halides is 3. The highest BCUT2D eigenvalue weighted by molar-refractivity contribution is 7.20. The second-order valence-electron chi connectivity index (χ2n) is 6.96. The number of carbonyl (C=O) groups excluding carboxylic acids is 1. The van der Waals surface area contributed by atoms with Crippen LogP contribution in [-0.4, -0.2) is 22.5 Å². The molecule has 0 fully saturated rings. The predicted octanol–water partition coefficient (Wildman–Crippen LogP) is 5.00. The van der Waals surface area contributed by atoms with Crippen molar-refractivity contribution in [1.82, 2.24) is 10.4 Å². The summed E-state index contributed by atoms with van der Waals surface area (Å²) in [6, 6.07) is 14.1. The van der Waals surface area contributed by atoms with E-state index in [1.54, 1.807) is 19.9 Å². The summed E-state index contributed by atoms with van der Waals surface area (Å²) in [6.45, 7) is 3.31. The van der Waals surface area contributed by atoms with Crippen molar-refractivity contribution >= 4 is 33.2 Å². The lowest BCUT2D eigenvalue weighted by Gasteiger charge is -2.31. The number of oxime groups is 1. The Labute approximate surface area is 168 Å². The zero-order valence-electron chi connectivity index (χ0n) is 15.4. The lowest BCUT2D eigenvalue weighted by atomic mass is 10.1. The molecule has 1 amide bonds. The van der Waals surface area contributed by atoms with Gasteiger partial charge in [-0.2, -0.15) is 13.2 Å². The van der Waals surface area contributed by atoms with Gasteiger partial charge in [-0.15, -0.1) is 11.3 Å². The third kappa shape index (κ3) is 3.65. The number of carbonyl (C=O) groups is 1. The van der Waals surface area contributed by atoms with Gasteiger partial charge in [-0.1, -0.05) is 35.5 Å². The average Bonchev–Trinajstić information content (AvgIpc) is 3.22. The van der Waals surface area contributed by atoms with Gasteiger partial charge in [-0.3, -0.25) is 10.2 Å². The topological polar surface area (TPSA) is 53.9 Å². The van der Waals surface area contributed by atoms with Crippen molar-refractivity contribution in [1.29, 1.82) is 0 Å². The van der Waals surface area contributed by atoms with Crippen molar-refractivity contribution in [2.75, 3.05) is 0 Å². The van der Waals surface area contributed by atoms with Gasteiger partial charge >= 0.3 is 6.18 Å². The molecule has 9 heteroatoms. The van der Waals surface area contributed by atoms with Crippen LogP contribution in [-0.2, 0) is 11.0 Å². The molecule has 29 heavy (non-hydrogen) atoms. The highest BCUT2D eigenvalue weighted by Gasteiger charge is 2.41. The molecular weight excluding hydrogens is 403 g/mol. The number of hydrogen-bond acceptors (Lipinski definition) is 5. The van der Waals surface area contributed by atoms with Crippen LogP contribution in [0.25, 0.3) is 10.1 Å². The first-order valence-corrected chi connectivity index (χ1v) is 9.50. The molecule has 1 aromatic heterocycles. The van der Waals surface area contributed by atoms with Crippen LogP contribution in [0.1, 0.15) is 34.6 Å². The summed E-state index contributed by atoms with van der Waals surface area (Å²) < 4.78 is 40.2. The fourth-order valence-corrected chi connectivity index (χ4v) is 3.90. The van der Waals surface area contributed by atoms with E-state index >= 15 is 0 Å². The molecule has 0 saturated heterocycles. The maximum Gasteiger partial charge on any atom is 0.416 e. The number of nitrogens with one attached hydrogen (secondary N) is 1. The van der Waals surface area contributed by atoms with E-state index in [0.29, 0.717) is 4.88 Å². The molecule has 4 rings (SSSR count). The van der Waals surface area contributed by atoms with Crippen molar-refractivity contribution in [2.45, 2.75) is 25.7 Å². The molecule has 0 aliphatic carbocycles. The normalized spacial score (nSPS) is 15.9. The molecule has 0 bridgehead atoms. The molecule has 1 N–H and O–H groups in total. The number of hydrazine groups is 1. The minimum atomic E-state index is -4.49. The Morgan fingerprint density at radius 1 is 1.14 bits per heavy atom. The number of benzene rings is 2. The first kappa shape index (κ1) is 19.3. The van der Waals surface area contributed by atoms with Crippen LogP contribution in [0.15, 0.2) is 59.8 Å². The molecule has 0 saturated carbocycles. The van der Waals surface area contributed by atoms with Crippen molar-refractivity contribution in [3.63, 3.8) is 0 Å². The van der Waals surface area contributed by atoms with Gasteiger partial charge < -0.3 is 4.84 Å². The minimum absolute atomic E-state index is 0.0931. The molecule has 3 aromatic rings. The van der Waals surface area contributed by atoms with Crippen LogP contribution in [0.3, 0.4) is 0 Å². The van der Waals surface area contributed by atoms with Crippen molar-refractivity contribution < 1.29 is 22.8 Å². The quantitative estimate of drug-likeness (QED) is 0.650. The van der Waals surface area contributed by atoms with Crippen LogP contribution in [0.4, 0.5) is 13.2 Å². The van der Waals surface area contributed by atoms with Crippen LogP contribution < -0.4 is 5.43 Å². The fraction of sp³-hybridized carbons (Fsp3) is 0.200. The molecule has 150 valence electrons. The molecule has 0 atom stereocenters. The highest BCUT2D eigenvalue weighted by Crippen LogP contribution is 2.32. The number of amides is 1. The minimum Gasteiger partial charge on any atom is -0.364 e. The van der Waals surface area contributed by atoms with Gasteiger partial charge in [-0.05, 0) is 43.5 Å². The Kier molecular flexibility index (Phi) is 4.49. The standard InChI is InChI=1S/C20H16F3N3O2S/c1-19(2)26(24-18(27)16-11-12-6-3-4-9-15(12)29-16)17(25-28-19)13-7-5-8-14(10-13)20(21,22)23/h3-11H,1-2H3,(H,24,27). The first-order valence-electron chi connectivity index (χ1n) is 8.69. The summed E-state index contributed by atoms with van der Waals surface area (Å²) >= 11 is 1.32. The molecule has 2 heterocycles. The predicted molar refractivity (Wildman–Crippen MR) is 104 cm³/mol. The second kappa shape index (κ2) is 6.77. The summed E-state index contributed by atoms with van der Waals surface area (Å²) in [5.41, 5.74) is 1.02. The van der Waals surface area contributed by atoms with Crippen molar-refractivity contribution in [3.8, 4) is 0 Å². The van der Waals surface area contributed by atoms with E-state index in [1.165, 1.54) is 28.5 Å². The number of nitrogens with zero attached hydrogens (tertiary/aromatic N) is 2. The van der Waals surface area contributed by atoms with Gasteiger partial charge in [0.15, 0.2) is 5.84 Å². The summed E-state index contributed by atoms with van der Waals surface area (Å²) in [4.78, 5) is 18.7. The van der Waals surface area contributed by atoms with Gasteiger partial charge in [0.05, 0.1) is 10.4 Å². The Morgan fingerprint density at radius 2 is 1.90 bits per heavy atom. The summed E-state index contributed by atoms with van der Waals surface area (Å²) in [5, 5.41) is 6.20. The highest BCUT2D eigenvalue weighted by atomic mass is 32.1. The smallest absolute Gasteiger partial charge is 0.364 e. The van der Waals surface area contributed by atoms with E-state index in [1.807, 2.05) is 24.3 Å². The maximum absolute atomic E-state index is 13.1. The number of hydrogen-bond donors (Lipinski definition) is 1. The largest absolute Gasteiger partial charge is 0.416 e. The van der Waals surface area contributed by atoms with E-state index in [2.05, 4.69) is 10.6 Å². The van der Waals surface area contributed by atoms with Crippen LogP contribution in [0, 0.1) is 0 Å². The zero-order valence-corrected chi connectivity index (χ0v) is 16.3. The first-order chi connectivity index (χ1) is 13.6. The van der Waals surface area contributed by atoms with Crippen LogP contribution in [0.5, 0.6) is 0 Å². The number of amidine groups is 1. The summed E-state index contributed by atoms with van der Waals surface area (Å²) in [6.07, 6.45) is -4.49. The Bertz CT molecular complexity index is 1090. The van der Waals surface area contributed by atoms with Gasteiger partial charge in [0.25, 0.3) is 5.91 Å². The van der Waals surface area contributed by atoms with Gasteiger partial charge in [-0.25, -0.2) is 5.01 Å². The SMILES string of the molecule is CC1(C)ON=C(c2cccc(C(F)(F)F)c2)N1NC(=O)c1cc2ccccc2s1. The molecular formula is C20H16F3N3O2S. The maximum atomic E-state index is 13.1. The lowest BCUT2D eigenvalue weighted by molar-refractivity contribution is -0.137. The molecule has 2 aromatic carbocycles. The van der Waals surface area contributed by atoms with Crippen LogP contribution >= 0.6 is 11.3 Å². The van der Waals surface area contributed by atoms with Gasteiger partial charge in [0.2, 0.25) is 5.72 Å².